The Hall–Kier alpha value is -1.79. The molecular weight excluding hydrogens is 398 g/mol. The summed E-state index contributed by atoms with van der Waals surface area (Å²) in [6, 6.07) is 14.5. The van der Waals surface area contributed by atoms with Gasteiger partial charge in [-0.1, -0.05) is 52.0 Å². The summed E-state index contributed by atoms with van der Waals surface area (Å²) >= 11 is 5.17. The zero-order valence-electron chi connectivity index (χ0n) is 14.5. The maximum atomic E-state index is 5.94. The van der Waals surface area contributed by atoms with Crippen molar-refractivity contribution < 1.29 is 4.74 Å². The average Bonchev–Trinajstić information content (AvgIpc) is 2.94. The van der Waals surface area contributed by atoms with Crippen molar-refractivity contribution in [3.63, 3.8) is 0 Å². The van der Waals surface area contributed by atoms with E-state index in [1.807, 2.05) is 30.7 Å². The zero-order chi connectivity index (χ0) is 17.8. The second kappa shape index (κ2) is 8.06. The highest BCUT2D eigenvalue weighted by atomic mass is 79.9. The molecule has 2 aromatic carbocycles. The van der Waals surface area contributed by atoms with Gasteiger partial charge in [-0.15, -0.1) is 10.2 Å². The monoisotopic (exact) mass is 417 g/mol. The van der Waals surface area contributed by atoms with Gasteiger partial charge in [0.2, 0.25) is 0 Å². The molecule has 0 radical (unpaired) electrons. The second-order valence-corrected chi connectivity index (χ2v) is 7.79. The fraction of sp³-hybridized carbons (Fsp3) is 0.263. The summed E-state index contributed by atoms with van der Waals surface area (Å²) < 4.78 is 9.02. The molecule has 130 valence electrons. The number of hydrogen-bond donors (Lipinski definition) is 0. The van der Waals surface area contributed by atoms with Crippen molar-refractivity contribution in [2.24, 2.45) is 7.05 Å². The molecule has 0 amide bonds. The smallest absolute Gasteiger partial charge is 0.191 e. The minimum Gasteiger partial charge on any atom is -0.485 e. The molecule has 0 aliphatic heterocycles. The third-order valence-corrected chi connectivity index (χ3v) is 5.47. The normalized spacial score (nSPS) is 10.9. The predicted octanol–water partition coefficient (Wildman–Crippen LogP) is 5.07. The van der Waals surface area contributed by atoms with Gasteiger partial charge in [-0.2, -0.15) is 0 Å². The quantitative estimate of drug-likeness (QED) is 0.525. The summed E-state index contributed by atoms with van der Waals surface area (Å²) in [6.07, 6.45) is 0. The van der Waals surface area contributed by atoms with Gasteiger partial charge in [-0.05, 0) is 48.7 Å². The molecule has 0 fully saturated rings. The molecule has 6 heteroatoms. The van der Waals surface area contributed by atoms with Gasteiger partial charge in [0.1, 0.15) is 12.4 Å². The molecule has 0 aliphatic carbocycles. The summed E-state index contributed by atoms with van der Waals surface area (Å²) in [7, 11) is 1.98. The fourth-order valence-corrected chi connectivity index (χ4v) is 3.70. The third kappa shape index (κ3) is 4.64. The highest BCUT2D eigenvalue weighted by molar-refractivity contribution is 9.10. The van der Waals surface area contributed by atoms with Crippen molar-refractivity contribution >= 4 is 27.7 Å². The lowest BCUT2D eigenvalue weighted by Crippen LogP contribution is -2.05. The number of aryl methyl sites for hydroxylation is 2. The van der Waals surface area contributed by atoms with Gasteiger partial charge in [0.15, 0.2) is 11.0 Å². The number of nitrogens with zero attached hydrogens (tertiary/aromatic N) is 3. The molecule has 0 saturated heterocycles. The largest absolute Gasteiger partial charge is 0.485 e. The summed E-state index contributed by atoms with van der Waals surface area (Å²) in [6.45, 7) is 4.52. The van der Waals surface area contributed by atoms with Crippen LogP contribution < -0.4 is 4.74 Å². The van der Waals surface area contributed by atoms with E-state index in [1.165, 1.54) is 11.1 Å². The van der Waals surface area contributed by atoms with Crippen LogP contribution in [0.2, 0.25) is 0 Å². The Morgan fingerprint density at radius 2 is 1.96 bits per heavy atom. The molecule has 4 nitrogen and oxygen atoms in total. The number of benzene rings is 2. The van der Waals surface area contributed by atoms with Gasteiger partial charge in [0.25, 0.3) is 0 Å². The van der Waals surface area contributed by atoms with Crippen LogP contribution in [0, 0.1) is 13.8 Å². The molecule has 0 N–H and O–H groups in total. The molecule has 0 aliphatic rings. The summed E-state index contributed by atoms with van der Waals surface area (Å²) in [5.74, 6) is 2.56. The number of halogens is 1. The van der Waals surface area contributed by atoms with E-state index in [4.69, 9.17) is 4.74 Å². The average molecular weight is 418 g/mol. The van der Waals surface area contributed by atoms with E-state index < -0.39 is 0 Å². The maximum absolute atomic E-state index is 5.94. The van der Waals surface area contributed by atoms with Crippen molar-refractivity contribution in [3.8, 4) is 5.75 Å². The Morgan fingerprint density at radius 3 is 2.76 bits per heavy atom. The standard InChI is InChI=1S/C19H20BrN3OS/c1-13-7-8-14(2)17(9-13)24-11-18-21-22-19(23(18)3)25-12-15-5-4-6-16(20)10-15/h4-10H,11-12H2,1-3H3. The van der Waals surface area contributed by atoms with E-state index in [0.717, 1.165) is 32.5 Å². The molecule has 0 spiro atoms. The van der Waals surface area contributed by atoms with Gasteiger partial charge >= 0.3 is 0 Å². The number of rotatable bonds is 6. The Kier molecular flexibility index (Phi) is 5.81. The zero-order valence-corrected chi connectivity index (χ0v) is 16.9. The fourth-order valence-electron chi connectivity index (χ4n) is 2.38. The lowest BCUT2D eigenvalue weighted by atomic mass is 10.1. The first-order valence-electron chi connectivity index (χ1n) is 7.98. The topological polar surface area (TPSA) is 39.9 Å². The number of thioether (sulfide) groups is 1. The molecule has 3 rings (SSSR count). The minimum atomic E-state index is 0.408. The van der Waals surface area contributed by atoms with Crippen LogP contribution in [0.15, 0.2) is 52.1 Å². The first-order valence-corrected chi connectivity index (χ1v) is 9.76. The Bertz CT molecular complexity index is 879. The molecular formula is C19H20BrN3OS. The first kappa shape index (κ1) is 18.0. The van der Waals surface area contributed by atoms with Crippen LogP contribution in [0.1, 0.15) is 22.5 Å². The Morgan fingerprint density at radius 1 is 1.12 bits per heavy atom. The first-order chi connectivity index (χ1) is 12.0. The molecule has 1 aromatic heterocycles. The lowest BCUT2D eigenvalue weighted by Gasteiger charge is -2.10. The van der Waals surface area contributed by atoms with Gasteiger partial charge in [-0.3, -0.25) is 0 Å². The maximum Gasteiger partial charge on any atom is 0.191 e. The van der Waals surface area contributed by atoms with Gasteiger partial charge < -0.3 is 9.30 Å². The van der Waals surface area contributed by atoms with Gasteiger partial charge in [-0.25, -0.2) is 0 Å². The van der Waals surface area contributed by atoms with Crippen molar-refractivity contribution in [1.29, 1.82) is 0 Å². The lowest BCUT2D eigenvalue weighted by molar-refractivity contribution is 0.288. The van der Waals surface area contributed by atoms with Crippen molar-refractivity contribution in [2.75, 3.05) is 0 Å². The van der Waals surface area contributed by atoms with Crippen LogP contribution >= 0.6 is 27.7 Å². The number of hydrogen-bond acceptors (Lipinski definition) is 4. The SMILES string of the molecule is Cc1ccc(C)c(OCc2nnc(SCc3cccc(Br)c3)n2C)c1. The predicted molar refractivity (Wildman–Crippen MR) is 105 cm³/mol. The summed E-state index contributed by atoms with van der Waals surface area (Å²) in [5.41, 5.74) is 3.55. The molecule has 0 unspecified atom stereocenters. The molecule has 25 heavy (non-hydrogen) atoms. The van der Waals surface area contributed by atoms with Crippen LogP contribution in [0.4, 0.5) is 0 Å². The number of aromatic nitrogens is 3. The van der Waals surface area contributed by atoms with E-state index in [1.54, 1.807) is 11.8 Å². The van der Waals surface area contributed by atoms with Gasteiger partial charge in [0.05, 0.1) is 0 Å². The van der Waals surface area contributed by atoms with Crippen molar-refractivity contribution in [2.45, 2.75) is 31.4 Å². The Labute approximate surface area is 160 Å². The second-order valence-electron chi connectivity index (χ2n) is 5.93. The van der Waals surface area contributed by atoms with E-state index in [0.29, 0.717) is 6.61 Å². The van der Waals surface area contributed by atoms with Crippen LogP contribution in [0.5, 0.6) is 5.75 Å². The van der Waals surface area contributed by atoms with Crippen molar-refractivity contribution in [3.05, 3.63) is 69.5 Å². The van der Waals surface area contributed by atoms with Crippen LogP contribution in [0.3, 0.4) is 0 Å². The van der Waals surface area contributed by atoms with Crippen LogP contribution in [-0.4, -0.2) is 14.8 Å². The Balaban J connectivity index is 1.63. The highest BCUT2D eigenvalue weighted by Crippen LogP contribution is 2.24. The molecule has 3 aromatic rings. The van der Waals surface area contributed by atoms with E-state index in [-0.39, 0.29) is 0 Å². The van der Waals surface area contributed by atoms with E-state index in [2.05, 4.69) is 63.4 Å². The van der Waals surface area contributed by atoms with Crippen LogP contribution in [-0.2, 0) is 19.4 Å². The molecule has 0 bridgehead atoms. The van der Waals surface area contributed by atoms with Crippen LogP contribution in [0.25, 0.3) is 0 Å². The molecule has 0 atom stereocenters. The van der Waals surface area contributed by atoms with Gasteiger partial charge in [0, 0.05) is 17.3 Å². The summed E-state index contributed by atoms with van der Waals surface area (Å²) in [4.78, 5) is 0. The number of ether oxygens (including phenoxy) is 1. The molecule has 0 saturated carbocycles. The minimum absolute atomic E-state index is 0.408. The van der Waals surface area contributed by atoms with Crippen molar-refractivity contribution in [1.82, 2.24) is 14.8 Å². The highest BCUT2D eigenvalue weighted by Gasteiger charge is 2.11. The summed E-state index contributed by atoms with van der Waals surface area (Å²) in [5, 5.41) is 9.45. The van der Waals surface area contributed by atoms with E-state index in [9.17, 15) is 0 Å². The van der Waals surface area contributed by atoms with E-state index >= 15 is 0 Å². The molecule has 1 heterocycles. The third-order valence-electron chi connectivity index (χ3n) is 3.88.